The lowest BCUT2D eigenvalue weighted by atomic mass is 10.0. The molecular weight excluding hydrogens is 471 g/mol. The molecule has 0 radical (unpaired) electrons. The van der Waals surface area contributed by atoms with Gasteiger partial charge in [-0.15, -0.1) is 0 Å². The predicted molar refractivity (Wildman–Crippen MR) is 116 cm³/mol. The van der Waals surface area contributed by atoms with Crippen molar-refractivity contribution in [2.75, 3.05) is 6.61 Å². The summed E-state index contributed by atoms with van der Waals surface area (Å²) in [6.45, 7) is -0.763. The van der Waals surface area contributed by atoms with E-state index in [1.165, 1.54) is 18.2 Å². The van der Waals surface area contributed by atoms with E-state index in [0.717, 1.165) is 21.4 Å². The first-order valence-corrected chi connectivity index (χ1v) is 10.7. The van der Waals surface area contributed by atoms with Gasteiger partial charge in [0.1, 0.15) is 12.2 Å². The third-order valence-electron chi connectivity index (χ3n) is 5.79. The minimum atomic E-state index is -4.67. The number of pyridine rings is 1. The number of alkyl halides is 3. The maximum atomic E-state index is 13.6. The summed E-state index contributed by atoms with van der Waals surface area (Å²) in [5.41, 5.74) is -2.46. The van der Waals surface area contributed by atoms with E-state index in [9.17, 15) is 33.0 Å². The molecule has 3 N–H and O–H groups in total. The molecule has 0 amide bonds. The Morgan fingerprint density at radius 2 is 1.77 bits per heavy atom. The molecule has 4 atom stereocenters. The Morgan fingerprint density at radius 3 is 2.43 bits per heavy atom. The molecule has 3 aromatic rings. The van der Waals surface area contributed by atoms with Crippen LogP contribution in [0.3, 0.4) is 0 Å². The second-order valence-corrected chi connectivity index (χ2v) is 8.07. The molecule has 9 nitrogen and oxygen atoms in total. The molecule has 4 rings (SSSR count). The summed E-state index contributed by atoms with van der Waals surface area (Å²) in [6.07, 6.45) is -8.05. The third-order valence-corrected chi connectivity index (χ3v) is 5.79. The molecule has 1 aromatic carbocycles. The smallest absolute Gasteiger partial charge is 0.396 e. The lowest BCUT2D eigenvalue weighted by Crippen LogP contribution is -2.43. The Labute approximate surface area is 196 Å². The van der Waals surface area contributed by atoms with Crippen molar-refractivity contribution in [2.45, 2.75) is 43.7 Å². The molecule has 2 aromatic heterocycles. The van der Waals surface area contributed by atoms with Gasteiger partial charge in [0.15, 0.2) is 6.23 Å². The van der Waals surface area contributed by atoms with Gasteiger partial charge in [-0.3, -0.25) is 18.9 Å². The summed E-state index contributed by atoms with van der Waals surface area (Å²) in [4.78, 5) is 29.4. The van der Waals surface area contributed by atoms with Crippen LogP contribution in [0.5, 0.6) is 0 Å². The maximum absolute atomic E-state index is 13.6. The summed E-state index contributed by atoms with van der Waals surface area (Å²) < 4.78 is 47.9. The first kappa shape index (κ1) is 24.8. The quantitative estimate of drug-likeness (QED) is 0.470. The van der Waals surface area contributed by atoms with Gasteiger partial charge < -0.3 is 20.1 Å². The Balaban J connectivity index is 1.73. The van der Waals surface area contributed by atoms with E-state index in [2.05, 4.69) is 4.98 Å². The first-order valence-electron chi connectivity index (χ1n) is 10.7. The topological polar surface area (TPSA) is 127 Å². The molecule has 186 valence electrons. The van der Waals surface area contributed by atoms with Crippen molar-refractivity contribution in [1.82, 2.24) is 14.1 Å². The van der Waals surface area contributed by atoms with Gasteiger partial charge in [0, 0.05) is 25.1 Å². The number of hydrogen-bond acceptors (Lipinski definition) is 7. The first-order chi connectivity index (χ1) is 16.6. The molecule has 35 heavy (non-hydrogen) atoms. The van der Waals surface area contributed by atoms with E-state index in [0.29, 0.717) is 6.20 Å². The molecule has 3 heterocycles. The lowest BCUT2D eigenvalue weighted by molar-refractivity contribution is -0.137. The highest BCUT2D eigenvalue weighted by atomic mass is 19.4. The van der Waals surface area contributed by atoms with Gasteiger partial charge in [-0.25, -0.2) is 4.79 Å². The summed E-state index contributed by atoms with van der Waals surface area (Å²) in [6, 6.07) is 10.0. The average Bonchev–Trinajstić information content (AvgIpc) is 3.10. The van der Waals surface area contributed by atoms with E-state index in [1.54, 1.807) is 18.2 Å². The number of halogens is 3. The summed E-state index contributed by atoms with van der Waals surface area (Å²) >= 11 is 0. The van der Waals surface area contributed by atoms with Gasteiger partial charge in [-0.05, 0) is 23.6 Å². The van der Waals surface area contributed by atoms with E-state index >= 15 is 0 Å². The van der Waals surface area contributed by atoms with Crippen molar-refractivity contribution in [3.8, 4) is 11.1 Å². The number of nitrogens with zero attached hydrogens (tertiary/aromatic N) is 3. The zero-order valence-electron chi connectivity index (χ0n) is 18.2. The fraction of sp³-hybridized carbons (Fsp3) is 0.348. The van der Waals surface area contributed by atoms with E-state index in [-0.39, 0.29) is 29.8 Å². The minimum absolute atomic E-state index is 0.0147. The molecule has 1 aliphatic heterocycles. The van der Waals surface area contributed by atoms with Crippen LogP contribution in [0.2, 0.25) is 0 Å². The van der Waals surface area contributed by atoms with Gasteiger partial charge >= 0.3 is 11.9 Å². The Hall–Kier alpha value is -3.32. The van der Waals surface area contributed by atoms with Crippen molar-refractivity contribution in [3.05, 3.63) is 87.0 Å². The Morgan fingerprint density at radius 1 is 1.06 bits per heavy atom. The lowest BCUT2D eigenvalue weighted by Gasteiger charge is -2.19. The van der Waals surface area contributed by atoms with Crippen LogP contribution in [0, 0.1) is 0 Å². The number of rotatable bonds is 6. The van der Waals surface area contributed by atoms with Crippen LogP contribution >= 0.6 is 0 Å². The number of aromatic nitrogens is 3. The number of hydrogen-bond donors (Lipinski definition) is 3. The van der Waals surface area contributed by atoms with Crippen LogP contribution in [0.1, 0.15) is 23.9 Å². The number of aliphatic hydroxyl groups is 3. The average molecular weight is 493 g/mol. The van der Waals surface area contributed by atoms with Crippen molar-refractivity contribution >= 4 is 0 Å². The molecular formula is C23H22F3N3O6. The molecule has 0 spiro atoms. The van der Waals surface area contributed by atoms with Gasteiger partial charge in [0.2, 0.25) is 0 Å². The van der Waals surface area contributed by atoms with Crippen molar-refractivity contribution in [2.24, 2.45) is 0 Å². The number of aliphatic hydroxyl groups excluding tert-OH is 3. The zero-order chi connectivity index (χ0) is 25.3. The molecule has 1 aliphatic rings. The SMILES string of the molecule is O=c1ccn(C2OC(CCO)C(O)C2O)c(=O)n1Cc1cc(-c2ccccc2)c(C(F)(F)F)cn1. The van der Waals surface area contributed by atoms with Crippen molar-refractivity contribution in [1.29, 1.82) is 0 Å². The van der Waals surface area contributed by atoms with Crippen LogP contribution in [0.25, 0.3) is 11.1 Å². The van der Waals surface area contributed by atoms with E-state index in [1.807, 2.05) is 0 Å². The zero-order valence-corrected chi connectivity index (χ0v) is 18.2. The van der Waals surface area contributed by atoms with Gasteiger partial charge in [-0.2, -0.15) is 13.2 Å². The standard InChI is InChI=1S/C23H22F3N3O6/c24-23(25,26)16-11-27-14(10-15(16)13-4-2-1-3-5-13)12-29-18(31)6-8-28(22(29)34)21-20(33)19(32)17(35-21)7-9-30/h1-6,8,10-11,17,19-21,30,32-33H,7,9,12H2. The van der Waals surface area contributed by atoms with E-state index < -0.39 is 54.1 Å². The molecule has 1 fully saturated rings. The molecule has 4 unspecified atom stereocenters. The number of benzene rings is 1. The highest BCUT2D eigenvalue weighted by Gasteiger charge is 2.43. The van der Waals surface area contributed by atoms with Crippen LogP contribution in [-0.2, 0) is 17.5 Å². The highest BCUT2D eigenvalue weighted by Crippen LogP contribution is 2.37. The molecule has 0 saturated carbocycles. The van der Waals surface area contributed by atoms with Crippen molar-refractivity contribution in [3.63, 3.8) is 0 Å². The summed E-state index contributed by atoms with van der Waals surface area (Å²) in [7, 11) is 0. The largest absolute Gasteiger partial charge is 0.418 e. The van der Waals surface area contributed by atoms with Crippen LogP contribution in [0.15, 0.2) is 64.4 Å². The van der Waals surface area contributed by atoms with Gasteiger partial charge in [-0.1, -0.05) is 30.3 Å². The normalized spacial score (nSPS) is 22.5. The molecule has 0 bridgehead atoms. The van der Waals surface area contributed by atoms with Crippen LogP contribution < -0.4 is 11.2 Å². The Kier molecular flexibility index (Phi) is 6.90. The third kappa shape index (κ3) is 4.91. The number of ether oxygens (including phenoxy) is 1. The summed E-state index contributed by atoms with van der Waals surface area (Å²) in [5.74, 6) is 0. The summed E-state index contributed by atoms with van der Waals surface area (Å²) in [5, 5.41) is 29.6. The second kappa shape index (κ2) is 9.74. The second-order valence-electron chi connectivity index (χ2n) is 8.07. The highest BCUT2D eigenvalue weighted by molar-refractivity contribution is 5.68. The Bertz CT molecular complexity index is 1310. The molecule has 1 saturated heterocycles. The minimum Gasteiger partial charge on any atom is -0.396 e. The molecule has 12 heteroatoms. The van der Waals surface area contributed by atoms with Crippen LogP contribution in [0.4, 0.5) is 13.2 Å². The predicted octanol–water partition coefficient (Wildman–Crippen LogP) is 1.14. The fourth-order valence-electron chi connectivity index (χ4n) is 4.03. The van der Waals surface area contributed by atoms with E-state index in [4.69, 9.17) is 9.84 Å². The van der Waals surface area contributed by atoms with Crippen molar-refractivity contribution < 1.29 is 33.2 Å². The van der Waals surface area contributed by atoms with Gasteiger partial charge in [0.05, 0.1) is 23.9 Å². The maximum Gasteiger partial charge on any atom is 0.418 e. The fourth-order valence-corrected chi connectivity index (χ4v) is 4.03. The van der Waals surface area contributed by atoms with Crippen LogP contribution in [-0.4, -0.2) is 54.4 Å². The van der Waals surface area contributed by atoms with Gasteiger partial charge in [0.25, 0.3) is 5.56 Å². The molecule has 0 aliphatic carbocycles. The monoisotopic (exact) mass is 493 g/mol.